The maximum Gasteiger partial charge on any atom is 0.263 e. The lowest BCUT2D eigenvalue weighted by molar-refractivity contribution is 0.245. The summed E-state index contributed by atoms with van der Waals surface area (Å²) < 4.78 is 31.0. The van der Waals surface area contributed by atoms with E-state index in [9.17, 15) is 8.42 Å². The van der Waals surface area contributed by atoms with Crippen LogP contribution in [0.25, 0.3) is 10.9 Å². The summed E-state index contributed by atoms with van der Waals surface area (Å²) in [4.78, 5) is 0.0993. The van der Waals surface area contributed by atoms with Crippen LogP contribution in [0.2, 0.25) is 0 Å². The monoisotopic (exact) mass is 301 g/mol. The van der Waals surface area contributed by atoms with E-state index in [4.69, 9.17) is 15.4 Å². The third kappa shape index (κ3) is 2.72. The van der Waals surface area contributed by atoms with Crippen LogP contribution < -0.4 is 4.74 Å². The first kappa shape index (κ1) is 14.2. The molecule has 0 radical (unpaired) electrons. The van der Waals surface area contributed by atoms with Gasteiger partial charge in [0.25, 0.3) is 9.05 Å². The third-order valence-corrected chi connectivity index (χ3v) is 4.13. The zero-order chi connectivity index (χ0) is 14.2. The molecule has 0 unspecified atom stereocenters. The van der Waals surface area contributed by atoms with E-state index >= 15 is 0 Å². The average molecular weight is 302 g/mol. The van der Waals surface area contributed by atoms with Crippen molar-refractivity contribution in [3.05, 3.63) is 24.4 Å². The van der Waals surface area contributed by atoms with Crippen molar-refractivity contribution in [1.29, 1.82) is 0 Å². The standard InChI is InChI=1S/C13H16ClNO3S/c1-4-15-8-12(19(14,16)17)13-10(15)6-5-7-11(13)18-9(2)3/h5-9H,4H2,1-3H3. The van der Waals surface area contributed by atoms with E-state index < -0.39 is 9.05 Å². The Kier molecular flexibility index (Phi) is 3.78. The maximum atomic E-state index is 11.7. The number of ether oxygens (including phenoxy) is 1. The number of hydrogen-bond acceptors (Lipinski definition) is 3. The second kappa shape index (κ2) is 5.06. The van der Waals surface area contributed by atoms with E-state index in [0.717, 1.165) is 5.52 Å². The van der Waals surface area contributed by atoms with Crippen molar-refractivity contribution in [2.45, 2.75) is 38.3 Å². The van der Waals surface area contributed by atoms with Crippen molar-refractivity contribution in [2.75, 3.05) is 0 Å². The van der Waals surface area contributed by atoms with Gasteiger partial charge >= 0.3 is 0 Å². The number of rotatable bonds is 4. The molecule has 2 rings (SSSR count). The van der Waals surface area contributed by atoms with Crippen LogP contribution in [0.1, 0.15) is 20.8 Å². The molecule has 6 heteroatoms. The third-order valence-electron chi connectivity index (χ3n) is 2.80. The summed E-state index contributed by atoms with van der Waals surface area (Å²) in [5.41, 5.74) is 0.805. The molecule has 0 atom stereocenters. The summed E-state index contributed by atoms with van der Waals surface area (Å²) in [6.45, 7) is 6.39. The Morgan fingerprint density at radius 1 is 1.37 bits per heavy atom. The Balaban J connectivity index is 2.82. The predicted octanol–water partition coefficient (Wildman–Crippen LogP) is 3.38. The fraction of sp³-hybridized carbons (Fsp3) is 0.385. The summed E-state index contributed by atoms with van der Waals surface area (Å²) in [6, 6.07) is 5.46. The van der Waals surface area contributed by atoms with Gasteiger partial charge in [-0.2, -0.15) is 0 Å². The van der Waals surface area contributed by atoms with Crippen LogP contribution >= 0.6 is 10.7 Å². The smallest absolute Gasteiger partial charge is 0.263 e. The summed E-state index contributed by atoms with van der Waals surface area (Å²) in [6.07, 6.45) is 1.52. The first-order chi connectivity index (χ1) is 8.84. The van der Waals surface area contributed by atoms with Crippen LogP contribution in [0, 0.1) is 0 Å². The number of halogens is 1. The molecule has 1 aromatic heterocycles. The minimum atomic E-state index is -3.81. The molecule has 1 heterocycles. The van der Waals surface area contributed by atoms with E-state index in [0.29, 0.717) is 17.7 Å². The van der Waals surface area contributed by atoms with Gasteiger partial charge in [0.05, 0.1) is 17.0 Å². The zero-order valence-corrected chi connectivity index (χ0v) is 12.6. The average Bonchev–Trinajstić information content (AvgIpc) is 2.67. The lowest BCUT2D eigenvalue weighted by Crippen LogP contribution is -2.06. The zero-order valence-electron chi connectivity index (χ0n) is 11.1. The summed E-state index contributed by atoms with van der Waals surface area (Å²) >= 11 is 0. The van der Waals surface area contributed by atoms with Crippen molar-refractivity contribution < 1.29 is 13.2 Å². The normalized spacial score (nSPS) is 12.3. The van der Waals surface area contributed by atoms with Crippen LogP contribution in [0.5, 0.6) is 5.75 Å². The molecule has 0 N–H and O–H groups in total. The molecular weight excluding hydrogens is 286 g/mol. The molecular formula is C13H16ClNO3S. The van der Waals surface area contributed by atoms with Gasteiger partial charge in [0.2, 0.25) is 0 Å². The Morgan fingerprint density at radius 2 is 2.05 bits per heavy atom. The summed E-state index contributed by atoms with van der Waals surface area (Å²) in [7, 11) is 1.71. The number of nitrogens with zero attached hydrogens (tertiary/aromatic N) is 1. The number of benzene rings is 1. The lowest BCUT2D eigenvalue weighted by Gasteiger charge is -2.11. The van der Waals surface area contributed by atoms with Crippen LogP contribution in [0.3, 0.4) is 0 Å². The van der Waals surface area contributed by atoms with Gasteiger partial charge in [-0.3, -0.25) is 0 Å². The van der Waals surface area contributed by atoms with Gasteiger partial charge in [-0.1, -0.05) is 6.07 Å². The van der Waals surface area contributed by atoms with Crippen molar-refractivity contribution in [3.63, 3.8) is 0 Å². The fourth-order valence-corrected chi connectivity index (χ4v) is 3.13. The van der Waals surface area contributed by atoms with Gasteiger partial charge in [-0.15, -0.1) is 0 Å². The van der Waals surface area contributed by atoms with E-state index in [1.807, 2.05) is 37.5 Å². The fourth-order valence-electron chi connectivity index (χ4n) is 2.08. The number of hydrogen-bond donors (Lipinski definition) is 0. The quantitative estimate of drug-likeness (QED) is 0.813. The predicted molar refractivity (Wildman–Crippen MR) is 76.4 cm³/mol. The van der Waals surface area contributed by atoms with E-state index in [1.54, 1.807) is 12.3 Å². The first-order valence-corrected chi connectivity index (χ1v) is 8.38. The van der Waals surface area contributed by atoms with Crippen molar-refractivity contribution in [1.82, 2.24) is 4.57 Å². The molecule has 0 saturated carbocycles. The molecule has 4 nitrogen and oxygen atoms in total. The number of aromatic nitrogens is 1. The second-order valence-electron chi connectivity index (χ2n) is 4.53. The highest BCUT2D eigenvalue weighted by atomic mass is 35.7. The molecule has 104 valence electrons. The molecule has 0 spiro atoms. The number of aryl methyl sites for hydroxylation is 1. The van der Waals surface area contributed by atoms with E-state index in [2.05, 4.69) is 0 Å². The van der Waals surface area contributed by atoms with Gasteiger partial charge in [-0.25, -0.2) is 8.42 Å². The van der Waals surface area contributed by atoms with Gasteiger partial charge in [0.15, 0.2) is 0 Å². The highest BCUT2D eigenvalue weighted by Gasteiger charge is 2.21. The Hall–Kier alpha value is -1.20. The van der Waals surface area contributed by atoms with Gasteiger partial charge in [0, 0.05) is 23.4 Å². The van der Waals surface area contributed by atoms with Crippen LogP contribution in [-0.4, -0.2) is 19.1 Å². The van der Waals surface area contributed by atoms with Gasteiger partial charge in [0.1, 0.15) is 10.6 Å². The molecule has 2 aromatic rings. The lowest BCUT2D eigenvalue weighted by atomic mass is 10.2. The molecule has 19 heavy (non-hydrogen) atoms. The van der Waals surface area contributed by atoms with Gasteiger partial charge in [-0.05, 0) is 32.9 Å². The van der Waals surface area contributed by atoms with Crippen LogP contribution in [0.15, 0.2) is 29.3 Å². The first-order valence-electron chi connectivity index (χ1n) is 6.07. The molecule has 0 fully saturated rings. The Morgan fingerprint density at radius 3 is 2.58 bits per heavy atom. The number of fused-ring (bicyclic) bond motifs is 1. The Labute approximate surface area is 117 Å². The molecule has 0 bridgehead atoms. The largest absolute Gasteiger partial charge is 0.490 e. The molecule has 0 aliphatic rings. The summed E-state index contributed by atoms with van der Waals surface area (Å²) in [5.74, 6) is 0.541. The van der Waals surface area contributed by atoms with Crippen LogP contribution in [0.4, 0.5) is 0 Å². The topological polar surface area (TPSA) is 48.3 Å². The Bertz CT molecular complexity index is 704. The highest BCUT2D eigenvalue weighted by molar-refractivity contribution is 8.14. The SMILES string of the molecule is CCn1cc(S(=O)(=O)Cl)c2c(OC(C)C)cccc21. The highest BCUT2D eigenvalue weighted by Crippen LogP contribution is 2.35. The van der Waals surface area contributed by atoms with E-state index in [-0.39, 0.29) is 11.0 Å². The molecule has 1 aromatic carbocycles. The molecule has 0 aliphatic carbocycles. The second-order valence-corrected chi connectivity index (χ2v) is 7.07. The van der Waals surface area contributed by atoms with Crippen molar-refractivity contribution >= 4 is 30.6 Å². The molecule has 0 saturated heterocycles. The van der Waals surface area contributed by atoms with Gasteiger partial charge < -0.3 is 9.30 Å². The van der Waals surface area contributed by atoms with Crippen LogP contribution in [-0.2, 0) is 15.6 Å². The maximum absolute atomic E-state index is 11.7. The summed E-state index contributed by atoms with van der Waals surface area (Å²) in [5, 5.41) is 0.549. The minimum Gasteiger partial charge on any atom is -0.490 e. The van der Waals surface area contributed by atoms with Crippen molar-refractivity contribution in [3.8, 4) is 5.75 Å². The molecule has 0 amide bonds. The minimum absolute atomic E-state index is 0.0403. The van der Waals surface area contributed by atoms with Crippen molar-refractivity contribution in [2.24, 2.45) is 0 Å². The van der Waals surface area contributed by atoms with E-state index in [1.165, 1.54) is 0 Å². The molecule has 0 aliphatic heterocycles.